The molecule has 1 rings (SSSR count). The highest BCUT2D eigenvalue weighted by Crippen LogP contribution is 2.20. The number of nitrogens with one attached hydrogen (secondary N) is 1. The fourth-order valence-corrected chi connectivity index (χ4v) is 1.84. The molecule has 4 nitrogen and oxygen atoms in total. The number of ether oxygens (including phenoxy) is 3. The van der Waals surface area contributed by atoms with Crippen LogP contribution in [0.15, 0.2) is 0 Å². The summed E-state index contributed by atoms with van der Waals surface area (Å²) in [5.41, 5.74) is 0. The van der Waals surface area contributed by atoms with Crippen molar-refractivity contribution in [2.24, 2.45) is 0 Å². The first-order valence-electron chi connectivity index (χ1n) is 5.74. The molecule has 90 valence electrons. The molecule has 0 aliphatic heterocycles. The first kappa shape index (κ1) is 12.9. The SMILES string of the molecule is COC(CNCCOC1CCCC1)OC. The Hall–Kier alpha value is -0.160. The fraction of sp³-hybridized carbons (Fsp3) is 1.00. The quantitative estimate of drug-likeness (QED) is 0.489. The van der Waals surface area contributed by atoms with Gasteiger partial charge >= 0.3 is 0 Å². The third kappa shape index (κ3) is 5.47. The zero-order valence-corrected chi connectivity index (χ0v) is 9.83. The summed E-state index contributed by atoms with van der Waals surface area (Å²) in [4.78, 5) is 0. The molecule has 1 N–H and O–H groups in total. The van der Waals surface area contributed by atoms with Crippen LogP contribution in [-0.2, 0) is 14.2 Å². The molecule has 0 amide bonds. The molecule has 1 aliphatic carbocycles. The number of rotatable bonds is 8. The maximum atomic E-state index is 5.71. The van der Waals surface area contributed by atoms with Gasteiger partial charge in [-0.05, 0) is 12.8 Å². The van der Waals surface area contributed by atoms with Crippen molar-refractivity contribution in [3.63, 3.8) is 0 Å². The molecule has 1 aliphatic rings. The monoisotopic (exact) mass is 217 g/mol. The third-order valence-electron chi connectivity index (χ3n) is 2.77. The summed E-state index contributed by atoms with van der Waals surface area (Å²) >= 11 is 0. The van der Waals surface area contributed by atoms with Crippen LogP contribution in [0.3, 0.4) is 0 Å². The first-order chi connectivity index (χ1) is 7.36. The smallest absolute Gasteiger partial charge is 0.169 e. The molecule has 1 fully saturated rings. The largest absolute Gasteiger partial charge is 0.377 e. The zero-order valence-electron chi connectivity index (χ0n) is 9.83. The number of methoxy groups -OCH3 is 2. The topological polar surface area (TPSA) is 39.7 Å². The van der Waals surface area contributed by atoms with Crippen LogP contribution >= 0.6 is 0 Å². The lowest BCUT2D eigenvalue weighted by atomic mass is 10.3. The molecule has 0 atom stereocenters. The Kier molecular flexibility index (Phi) is 6.92. The zero-order chi connectivity index (χ0) is 10.9. The van der Waals surface area contributed by atoms with Crippen LogP contribution in [0.25, 0.3) is 0 Å². The molecule has 0 spiro atoms. The molecule has 1 saturated carbocycles. The van der Waals surface area contributed by atoms with Crippen molar-refractivity contribution < 1.29 is 14.2 Å². The predicted molar refractivity (Wildman–Crippen MR) is 58.9 cm³/mol. The lowest BCUT2D eigenvalue weighted by molar-refractivity contribution is -0.0992. The minimum atomic E-state index is -0.156. The van der Waals surface area contributed by atoms with Crippen molar-refractivity contribution in [1.29, 1.82) is 0 Å². The summed E-state index contributed by atoms with van der Waals surface area (Å²) in [5, 5.41) is 3.24. The highest BCUT2D eigenvalue weighted by molar-refractivity contribution is 4.66. The van der Waals surface area contributed by atoms with Gasteiger partial charge in [0.15, 0.2) is 6.29 Å². The van der Waals surface area contributed by atoms with Crippen molar-refractivity contribution >= 4 is 0 Å². The molecule has 0 heterocycles. The van der Waals surface area contributed by atoms with Gasteiger partial charge in [-0.25, -0.2) is 0 Å². The van der Waals surface area contributed by atoms with Gasteiger partial charge in [0.1, 0.15) is 0 Å². The third-order valence-corrected chi connectivity index (χ3v) is 2.77. The summed E-state index contributed by atoms with van der Waals surface area (Å²) < 4.78 is 15.8. The van der Waals surface area contributed by atoms with Crippen LogP contribution < -0.4 is 5.32 Å². The Morgan fingerprint density at radius 1 is 1.20 bits per heavy atom. The summed E-state index contributed by atoms with van der Waals surface area (Å²) in [5.74, 6) is 0. The van der Waals surface area contributed by atoms with Gasteiger partial charge in [0.05, 0.1) is 12.7 Å². The minimum absolute atomic E-state index is 0.156. The number of hydrogen-bond acceptors (Lipinski definition) is 4. The standard InChI is InChI=1S/C11H23NO3/c1-13-11(14-2)9-12-7-8-15-10-5-3-4-6-10/h10-12H,3-9H2,1-2H3. The van der Waals surface area contributed by atoms with E-state index in [1.165, 1.54) is 25.7 Å². The van der Waals surface area contributed by atoms with Gasteiger partial charge in [-0.2, -0.15) is 0 Å². The van der Waals surface area contributed by atoms with Crippen LogP contribution in [-0.4, -0.2) is 46.3 Å². The summed E-state index contributed by atoms with van der Waals surface area (Å²) in [6.45, 7) is 2.35. The highest BCUT2D eigenvalue weighted by Gasteiger charge is 2.14. The van der Waals surface area contributed by atoms with Crippen LogP contribution in [0.1, 0.15) is 25.7 Å². The van der Waals surface area contributed by atoms with Gasteiger partial charge in [0.25, 0.3) is 0 Å². The van der Waals surface area contributed by atoms with Gasteiger partial charge in [-0.1, -0.05) is 12.8 Å². The van der Waals surface area contributed by atoms with Crippen molar-refractivity contribution in [1.82, 2.24) is 5.32 Å². The van der Waals surface area contributed by atoms with E-state index in [1.807, 2.05) is 0 Å². The second kappa shape index (κ2) is 8.05. The van der Waals surface area contributed by atoms with E-state index in [1.54, 1.807) is 14.2 Å². The second-order valence-corrected chi connectivity index (χ2v) is 3.88. The van der Waals surface area contributed by atoms with Crippen molar-refractivity contribution in [2.45, 2.75) is 38.1 Å². The molecule has 15 heavy (non-hydrogen) atoms. The predicted octanol–water partition coefficient (Wildman–Crippen LogP) is 1.15. The Bertz CT molecular complexity index is 141. The summed E-state index contributed by atoms with van der Waals surface area (Å²) in [6.07, 6.45) is 5.47. The lowest BCUT2D eigenvalue weighted by Gasteiger charge is -2.15. The van der Waals surface area contributed by atoms with Gasteiger partial charge < -0.3 is 19.5 Å². The molecule has 4 heteroatoms. The molecule has 0 bridgehead atoms. The minimum Gasteiger partial charge on any atom is -0.377 e. The maximum Gasteiger partial charge on any atom is 0.169 e. The fourth-order valence-electron chi connectivity index (χ4n) is 1.84. The normalized spacial score (nSPS) is 17.8. The van der Waals surface area contributed by atoms with E-state index in [9.17, 15) is 0 Å². The Morgan fingerprint density at radius 3 is 2.47 bits per heavy atom. The molecular formula is C11H23NO3. The molecular weight excluding hydrogens is 194 g/mol. The van der Waals surface area contributed by atoms with E-state index in [0.717, 1.165) is 13.2 Å². The van der Waals surface area contributed by atoms with E-state index in [2.05, 4.69) is 5.32 Å². The van der Waals surface area contributed by atoms with Crippen LogP contribution in [0.4, 0.5) is 0 Å². The van der Waals surface area contributed by atoms with Crippen molar-refractivity contribution in [3.8, 4) is 0 Å². The molecule has 0 saturated heterocycles. The van der Waals surface area contributed by atoms with Crippen molar-refractivity contribution in [2.75, 3.05) is 33.9 Å². The second-order valence-electron chi connectivity index (χ2n) is 3.88. The van der Waals surface area contributed by atoms with E-state index in [-0.39, 0.29) is 6.29 Å². The average Bonchev–Trinajstić information content (AvgIpc) is 2.76. The van der Waals surface area contributed by atoms with Crippen LogP contribution in [0.5, 0.6) is 0 Å². The molecule has 0 radical (unpaired) electrons. The van der Waals surface area contributed by atoms with Gasteiger partial charge in [-0.3, -0.25) is 0 Å². The molecule has 0 aromatic heterocycles. The van der Waals surface area contributed by atoms with Gasteiger partial charge in [0.2, 0.25) is 0 Å². The lowest BCUT2D eigenvalue weighted by Crippen LogP contribution is -2.32. The molecule has 0 aromatic rings. The number of hydrogen-bond donors (Lipinski definition) is 1. The Balaban J connectivity index is 1.87. The molecule has 0 aromatic carbocycles. The maximum absolute atomic E-state index is 5.71. The van der Waals surface area contributed by atoms with Crippen molar-refractivity contribution in [3.05, 3.63) is 0 Å². The Morgan fingerprint density at radius 2 is 1.87 bits per heavy atom. The Labute approximate surface area is 92.3 Å². The van der Waals surface area contributed by atoms with Gasteiger partial charge in [-0.15, -0.1) is 0 Å². The highest BCUT2D eigenvalue weighted by atomic mass is 16.7. The van der Waals surface area contributed by atoms with E-state index >= 15 is 0 Å². The van der Waals surface area contributed by atoms with Crippen LogP contribution in [0.2, 0.25) is 0 Å². The summed E-state index contributed by atoms with van der Waals surface area (Å²) in [7, 11) is 3.29. The van der Waals surface area contributed by atoms with Gasteiger partial charge in [0, 0.05) is 27.3 Å². The molecule has 0 unspecified atom stereocenters. The van der Waals surface area contributed by atoms with Crippen LogP contribution in [0, 0.1) is 0 Å². The average molecular weight is 217 g/mol. The summed E-state index contributed by atoms with van der Waals surface area (Å²) in [6, 6.07) is 0. The van der Waals surface area contributed by atoms with E-state index in [0.29, 0.717) is 12.6 Å². The van der Waals surface area contributed by atoms with E-state index < -0.39 is 0 Å². The van der Waals surface area contributed by atoms with E-state index in [4.69, 9.17) is 14.2 Å². The first-order valence-corrected chi connectivity index (χ1v) is 5.74.